The van der Waals surface area contributed by atoms with Gasteiger partial charge in [0.1, 0.15) is 5.60 Å². The summed E-state index contributed by atoms with van der Waals surface area (Å²) in [4.78, 5) is 11.8. The van der Waals surface area contributed by atoms with Gasteiger partial charge in [-0.25, -0.2) is 0 Å². The van der Waals surface area contributed by atoms with Gasteiger partial charge in [-0.3, -0.25) is 9.36 Å². The maximum absolute atomic E-state index is 11.8. The van der Waals surface area contributed by atoms with Gasteiger partial charge in [0, 0.05) is 23.2 Å². The molecule has 0 unspecified atom stereocenters. The summed E-state index contributed by atoms with van der Waals surface area (Å²) in [6, 6.07) is 5.01. The van der Waals surface area contributed by atoms with Gasteiger partial charge in [0.15, 0.2) is 0 Å². The van der Waals surface area contributed by atoms with Crippen molar-refractivity contribution in [1.29, 1.82) is 0 Å². The van der Waals surface area contributed by atoms with Gasteiger partial charge in [-0.05, 0) is 17.5 Å². The summed E-state index contributed by atoms with van der Waals surface area (Å²) in [6.07, 6.45) is 1.69. The van der Waals surface area contributed by atoms with Crippen LogP contribution in [0.4, 0.5) is 0 Å². The van der Waals surface area contributed by atoms with E-state index in [0.717, 1.165) is 11.3 Å². The van der Waals surface area contributed by atoms with E-state index >= 15 is 0 Å². The summed E-state index contributed by atoms with van der Waals surface area (Å²) in [5, 5.41) is 14.0. The molecular formula is C12H11NO3S. The fourth-order valence-corrected chi connectivity index (χ4v) is 2.45. The van der Waals surface area contributed by atoms with Crippen molar-refractivity contribution in [3.05, 3.63) is 51.1 Å². The monoisotopic (exact) mass is 249 g/mol. The molecule has 0 radical (unpaired) electrons. The van der Waals surface area contributed by atoms with Crippen molar-refractivity contribution >= 4 is 11.3 Å². The fourth-order valence-electron chi connectivity index (χ4n) is 1.82. The Morgan fingerprint density at radius 2 is 2.18 bits per heavy atom. The molecule has 0 bridgehead atoms. The standard InChI is InChI=1S/C12H11NO3S/c14-11-2-1-9(12(15)7-16-8-12)5-13(11)10-3-4-17-6-10/h1-6,15H,7-8H2. The van der Waals surface area contributed by atoms with Gasteiger partial charge in [0.05, 0.1) is 18.9 Å². The van der Waals surface area contributed by atoms with E-state index in [1.54, 1.807) is 16.8 Å². The number of ether oxygens (including phenoxy) is 1. The Labute approximate surface area is 102 Å². The van der Waals surface area contributed by atoms with E-state index < -0.39 is 5.60 Å². The van der Waals surface area contributed by atoms with Gasteiger partial charge in [-0.15, -0.1) is 0 Å². The zero-order valence-electron chi connectivity index (χ0n) is 9.00. The van der Waals surface area contributed by atoms with Gasteiger partial charge >= 0.3 is 0 Å². The third-order valence-electron chi connectivity index (χ3n) is 2.91. The molecule has 0 amide bonds. The average molecular weight is 249 g/mol. The molecule has 0 aromatic carbocycles. The number of hydrogen-bond acceptors (Lipinski definition) is 4. The van der Waals surface area contributed by atoms with Crippen molar-refractivity contribution < 1.29 is 9.84 Å². The van der Waals surface area contributed by atoms with E-state index in [-0.39, 0.29) is 18.8 Å². The Kier molecular flexibility index (Phi) is 2.39. The van der Waals surface area contributed by atoms with Crippen molar-refractivity contribution in [3.8, 4) is 5.69 Å². The molecule has 4 nitrogen and oxygen atoms in total. The molecule has 17 heavy (non-hydrogen) atoms. The zero-order valence-corrected chi connectivity index (χ0v) is 9.81. The second-order valence-corrected chi connectivity index (χ2v) is 4.91. The van der Waals surface area contributed by atoms with Gasteiger partial charge < -0.3 is 9.84 Å². The summed E-state index contributed by atoms with van der Waals surface area (Å²) in [5.74, 6) is 0. The summed E-state index contributed by atoms with van der Waals surface area (Å²) in [5.41, 5.74) is 0.502. The lowest BCUT2D eigenvalue weighted by atomic mass is 9.94. The molecule has 3 heterocycles. The molecular weight excluding hydrogens is 238 g/mol. The molecule has 5 heteroatoms. The number of hydrogen-bond donors (Lipinski definition) is 1. The maximum atomic E-state index is 11.8. The first-order valence-electron chi connectivity index (χ1n) is 5.25. The van der Waals surface area contributed by atoms with E-state index in [9.17, 15) is 9.90 Å². The topological polar surface area (TPSA) is 51.5 Å². The molecule has 2 aromatic heterocycles. The van der Waals surface area contributed by atoms with Gasteiger partial charge in [0.25, 0.3) is 5.56 Å². The highest BCUT2D eigenvalue weighted by atomic mass is 32.1. The highest BCUT2D eigenvalue weighted by Crippen LogP contribution is 2.28. The minimum absolute atomic E-state index is 0.101. The van der Waals surface area contributed by atoms with Crippen LogP contribution in [0.15, 0.2) is 40.0 Å². The zero-order chi connectivity index (χ0) is 11.9. The molecule has 1 aliphatic rings. The smallest absolute Gasteiger partial charge is 0.255 e. The third kappa shape index (κ3) is 1.72. The van der Waals surface area contributed by atoms with Gasteiger partial charge in [-0.2, -0.15) is 11.3 Å². The first-order valence-corrected chi connectivity index (χ1v) is 6.19. The summed E-state index contributed by atoms with van der Waals surface area (Å²) >= 11 is 1.53. The van der Waals surface area contributed by atoms with Crippen molar-refractivity contribution in [2.45, 2.75) is 5.60 Å². The Hall–Kier alpha value is -1.43. The largest absolute Gasteiger partial charge is 0.380 e. The van der Waals surface area contributed by atoms with E-state index in [2.05, 4.69) is 0 Å². The quantitative estimate of drug-likeness (QED) is 0.867. The highest BCUT2D eigenvalue weighted by molar-refractivity contribution is 7.08. The predicted molar refractivity (Wildman–Crippen MR) is 64.6 cm³/mol. The molecule has 1 fully saturated rings. The van der Waals surface area contributed by atoms with E-state index in [1.165, 1.54) is 17.4 Å². The third-order valence-corrected chi connectivity index (χ3v) is 3.59. The Balaban J connectivity index is 2.10. The first-order chi connectivity index (χ1) is 8.19. The average Bonchev–Trinajstić information content (AvgIpc) is 2.80. The number of aliphatic hydroxyl groups is 1. The molecule has 0 atom stereocenters. The second-order valence-electron chi connectivity index (χ2n) is 4.13. The molecule has 0 aliphatic carbocycles. The maximum Gasteiger partial charge on any atom is 0.255 e. The lowest BCUT2D eigenvalue weighted by Crippen LogP contribution is -2.47. The molecule has 1 N–H and O–H groups in total. The van der Waals surface area contributed by atoms with Crippen molar-refractivity contribution in [1.82, 2.24) is 4.57 Å². The van der Waals surface area contributed by atoms with Crippen molar-refractivity contribution in [2.24, 2.45) is 0 Å². The normalized spacial score (nSPS) is 17.7. The first kappa shape index (κ1) is 10.7. The number of rotatable bonds is 2. The van der Waals surface area contributed by atoms with E-state index in [4.69, 9.17) is 4.74 Å². The van der Waals surface area contributed by atoms with Crippen LogP contribution in [0.5, 0.6) is 0 Å². The van der Waals surface area contributed by atoms with Crippen molar-refractivity contribution in [3.63, 3.8) is 0 Å². The van der Waals surface area contributed by atoms with Gasteiger partial charge in [-0.1, -0.05) is 0 Å². The predicted octanol–water partition coefficient (Wildman–Crippen LogP) is 1.12. The SMILES string of the molecule is O=c1ccc(C2(O)COC2)cn1-c1ccsc1. The highest BCUT2D eigenvalue weighted by Gasteiger charge is 2.38. The van der Waals surface area contributed by atoms with Crippen LogP contribution in [0.3, 0.4) is 0 Å². The Morgan fingerprint density at radius 1 is 1.35 bits per heavy atom. The minimum atomic E-state index is -0.939. The van der Waals surface area contributed by atoms with Crippen LogP contribution in [-0.2, 0) is 10.3 Å². The van der Waals surface area contributed by atoms with Crippen LogP contribution in [0.2, 0.25) is 0 Å². The Bertz CT molecular complexity index is 584. The van der Waals surface area contributed by atoms with Gasteiger partial charge in [0.2, 0.25) is 0 Å². The number of aromatic nitrogens is 1. The molecule has 1 saturated heterocycles. The second kappa shape index (κ2) is 3.80. The molecule has 2 aromatic rings. The molecule has 1 aliphatic heterocycles. The van der Waals surface area contributed by atoms with Crippen LogP contribution < -0.4 is 5.56 Å². The van der Waals surface area contributed by atoms with Crippen molar-refractivity contribution in [2.75, 3.05) is 13.2 Å². The van der Waals surface area contributed by atoms with Crippen LogP contribution in [0.25, 0.3) is 5.69 Å². The van der Waals surface area contributed by atoms with Crippen LogP contribution in [0, 0.1) is 0 Å². The lowest BCUT2D eigenvalue weighted by Gasteiger charge is -2.36. The summed E-state index contributed by atoms with van der Waals surface area (Å²) in [7, 11) is 0. The summed E-state index contributed by atoms with van der Waals surface area (Å²) < 4.78 is 6.56. The molecule has 0 saturated carbocycles. The molecule has 88 valence electrons. The minimum Gasteiger partial charge on any atom is -0.380 e. The number of pyridine rings is 1. The molecule has 0 spiro atoms. The van der Waals surface area contributed by atoms with E-state index in [0.29, 0.717) is 0 Å². The van der Waals surface area contributed by atoms with E-state index in [1.807, 2.05) is 16.8 Å². The van der Waals surface area contributed by atoms with Crippen LogP contribution >= 0.6 is 11.3 Å². The number of thiophene rings is 1. The molecule has 3 rings (SSSR count). The Morgan fingerprint density at radius 3 is 2.76 bits per heavy atom. The summed E-state index contributed by atoms with van der Waals surface area (Å²) in [6.45, 7) is 0.573. The lowest BCUT2D eigenvalue weighted by molar-refractivity contribution is -0.184. The fraction of sp³-hybridized carbons (Fsp3) is 0.250. The van der Waals surface area contributed by atoms with Crippen LogP contribution in [0.1, 0.15) is 5.56 Å². The number of nitrogens with zero attached hydrogens (tertiary/aromatic N) is 1. The van der Waals surface area contributed by atoms with Crippen LogP contribution in [-0.4, -0.2) is 22.9 Å².